The van der Waals surface area contributed by atoms with Gasteiger partial charge in [0, 0.05) is 5.56 Å². The first-order chi connectivity index (χ1) is 8.49. The van der Waals surface area contributed by atoms with Crippen LogP contribution in [-0.2, 0) is 6.42 Å². The lowest BCUT2D eigenvalue weighted by Crippen LogP contribution is -2.10. The van der Waals surface area contributed by atoms with Crippen LogP contribution < -0.4 is 5.73 Å². The highest BCUT2D eigenvalue weighted by atomic mass is 16.3. The van der Waals surface area contributed by atoms with Crippen molar-refractivity contribution >= 4 is 5.91 Å². The molecule has 0 bridgehead atoms. The highest BCUT2D eigenvalue weighted by Gasteiger charge is 2.03. The summed E-state index contributed by atoms with van der Waals surface area (Å²) >= 11 is 0. The summed E-state index contributed by atoms with van der Waals surface area (Å²) in [6, 6.07) is 7.00. The van der Waals surface area contributed by atoms with Gasteiger partial charge in [-0.1, -0.05) is 24.3 Å². The Kier molecular flexibility index (Phi) is 5.55. The van der Waals surface area contributed by atoms with Gasteiger partial charge >= 0.3 is 0 Å². The number of carbonyl (C=O) groups excluding carboxylic acids is 1. The van der Waals surface area contributed by atoms with Crippen molar-refractivity contribution in [1.29, 1.82) is 0 Å². The predicted octanol–water partition coefficient (Wildman–Crippen LogP) is 1.02. The number of rotatable bonds is 6. The molecule has 0 aromatic heterocycles. The van der Waals surface area contributed by atoms with Gasteiger partial charge in [-0.2, -0.15) is 0 Å². The van der Waals surface area contributed by atoms with E-state index >= 15 is 0 Å². The van der Waals surface area contributed by atoms with Crippen molar-refractivity contribution in [3.8, 4) is 0 Å². The molecule has 4 heteroatoms. The predicted molar refractivity (Wildman–Crippen MR) is 70.1 cm³/mol. The van der Waals surface area contributed by atoms with Gasteiger partial charge in [-0.25, -0.2) is 0 Å². The second-order valence-electron chi connectivity index (χ2n) is 4.29. The molecule has 2 unspecified atom stereocenters. The molecule has 18 heavy (non-hydrogen) atoms. The second kappa shape index (κ2) is 6.93. The molecule has 1 aromatic rings. The standard InChI is InChI=1S/C14H19NO3/c1-10(16)2-8-13(17)9-5-11-3-6-12(7-4-11)14(15)18/h2-4,6-8,10,13,16-17H,5,9H2,1H3,(H2,15,18)/b8-2-. The molecule has 0 aliphatic rings. The molecule has 0 aliphatic carbocycles. The molecule has 4 N–H and O–H groups in total. The Morgan fingerprint density at radius 3 is 2.39 bits per heavy atom. The Morgan fingerprint density at radius 2 is 1.89 bits per heavy atom. The van der Waals surface area contributed by atoms with Crippen LogP contribution in [0.15, 0.2) is 36.4 Å². The van der Waals surface area contributed by atoms with Gasteiger partial charge in [0.1, 0.15) is 0 Å². The molecule has 0 fully saturated rings. The minimum absolute atomic E-state index is 0.443. The second-order valence-corrected chi connectivity index (χ2v) is 4.29. The summed E-state index contributed by atoms with van der Waals surface area (Å²) in [7, 11) is 0. The Morgan fingerprint density at radius 1 is 1.28 bits per heavy atom. The summed E-state index contributed by atoms with van der Waals surface area (Å²) in [6.07, 6.45) is 3.29. The average molecular weight is 249 g/mol. The van der Waals surface area contributed by atoms with Crippen molar-refractivity contribution in [2.45, 2.75) is 32.0 Å². The largest absolute Gasteiger partial charge is 0.389 e. The van der Waals surface area contributed by atoms with Crippen molar-refractivity contribution in [1.82, 2.24) is 0 Å². The number of aryl methyl sites for hydroxylation is 1. The topological polar surface area (TPSA) is 83.6 Å². The van der Waals surface area contributed by atoms with Crippen LogP contribution in [0.4, 0.5) is 0 Å². The third-order valence-electron chi connectivity index (χ3n) is 2.58. The minimum atomic E-state index is -0.574. The lowest BCUT2D eigenvalue weighted by Gasteiger charge is -2.06. The zero-order chi connectivity index (χ0) is 13.5. The molecule has 1 amide bonds. The molecular formula is C14H19NO3. The first-order valence-corrected chi connectivity index (χ1v) is 5.92. The molecule has 0 radical (unpaired) electrons. The Labute approximate surface area is 107 Å². The summed E-state index contributed by atoms with van der Waals surface area (Å²) in [5.41, 5.74) is 6.65. The molecule has 2 atom stereocenters. The van der Waals surface area contributed by atoms with E-state index in [9.17, 15) is 9.90 Å². The first kappa shape index (κ1) is 14.4. The van der Waals surface area contributed by atoms with E-state index in [0.29, 0.717) is 18.4 Å². The van der Waals surface area contributed by atoms with E-state index in [-0.39, 0.29) is 0 Å². The van der Waals surface area contributed by atoms with Crippen LogP contribution in [0, 0.1) is 0 Å². The van der Waals surface area contributed by atoms with Crippen molar-refractivity contribution in [3.05, 3.63) is 47.5 Å². The van der Waals surface area contributed by atoms with Gasteiger partial charge in [0.2, 0.25) is 5.91 Å². The molecule has 0 saturated carbocycles. The molecule has 4 nitrogen and oxygen atoms in total. The van der Waals surface area contributed by atoms with E-state index in [2.05, 4.69) is 0 Å². The van der Waals surface area contributed by atoms with Crippen molar-refractivity contribution in [3.63, 3.8) is 0 Å². The van der Waals surface area contributed by atoms with Crippen LogP contribution >= 0.6 is 0 Å². The maximum Gasteiger partial charge on any atom is 0.248 e. The minimum Gasteiger partial charge on any atom is -0.389 e. The molecule has 98 valence electrons. The summed E-state index contributed by atoms with van der Waals surface area (Å²) in [6.45, 7) is 1.63. The summed E-state index contributed by atoms with van der Waals surface area (Å²) in [4.78, 5) is 10.9. The van der Waals surface area contributed by atoms with E-state index in [4.69, 9.17) is 10.8 Å². The van der Waals surface area contributed by atoms with Crippen LogP contribution in [0.1, 0.15) is 29.3 Å². The fraction of sp³-hybridized carbons (Fsp3) is 0.357. The number of nitrogens with two attached hydrogens (primary N) is 1. The number of primary amides is 1. The quantitative estimate of drug-likeness (QED) is 0.658. The number of carbonyl (C=O) groups is 1. The fourth-order valence-corrected chi connectivity index (χ4v) is 1.54. The van der Waals surface area contributed by atoms with Gasteiger partial charge in [0.25, 0.3) is 0 Å². The Bertz CT molecular complexity index is 410. The molecule has 0 saturated heterocycles. The Balaban J connectivity index is 2.46. The number of hydrogen-bond donors (Lipinski definition) is 3. The van der Waals surface area contributed by atoms with E-state index in [1.54, 1.807) is 31.2 Å². The molecule has 0 aliphatic heterocycles. The molecular weight excluding hydrogens is 230 g/mol. The normalized spacial score (nSPS) is 14.6. The van der Waals surface area contributed by atoms with Gasteiger partial charge < -0.3 is 15.9 Å². The third-order valence-corrected chi connectivity index (χ3v) is 2.58. The lowest BCUT2D eigenvalue weighted by molar-refractivity contribution is 0.1000. The lowest BCUT2D eigenvalue weighted by atomic mass is 10.0. The average Bonchev–Trinajstić information content (AvgIpc) is 2.34. The van der Waals surface area contributed by atoms with E-state index in [0.717, 1.165) is 5.56 Å². The highest BCUT2D eigenvalue weighted by molar-refractivity contribution is 5.92. The maximum absolute atomic E-state index is 10.9. The van der Waals surface area contributed by atoms with E-state index in [1.807, 2.05) is 12.1 Å². The maximum atomic E-state index is 10.9. The molecule has 0 spiro atoms. The summed E-state index contributed by atoms with van der Waals surface area (Å²) in [5, 5.41) is 18.7. The van der Waals surface area contributed by atoms with Crippen molar-refractivity contribution in [2.24, 2.45) is 5.73 Å². The van der Waals surface area contributed by atoms with Gasteiger partial charge in [-0.15, -0.1) is 0 Å². The van der Waals surface area contributed by atoms with Crippen LogP contribution in [0.25, 0.3) is 0 Å². The molecule has 1 aromatic carbocycles. The number of aliphatic hydroxyl groups excluding tert-OH is 2. The first-order valence-electron chi connectivity index (χ1n) is 5.92. The Hall–Kier alpha value is -1.65. The smallest absolute Gasteiger partial charge is 0.248 e. The van der Waals surface area contributed by atoms with Gasteiger partial charge in [-0.3, -0.25) is 4.79 Å². The van der Waals surface area contributed by atoms with Crippen molar-refractivity contribution in [2.75, 3.05) is 0 Å². The monoisotopic (exact) mass is 249 g/mol. The van der Waals surface area contributed by atoms with Gasteiger partial charge in [-0.05, 0) is 37.5 Å². The van der Waals surface area contributed by atoms with E-state index < -0.39 is 18.1 Å². The van der Waals surface area contributed by atoms with Crippen LogP contribution in [0.2, 0.25) is 0 Å². The number of hydrogen-bond acceptors (Lipinski definition) is 3. The van der Waals surface area contributed by atoms with Crippen LogP contribution in [-0.4, -0.2) is 28.3 Å². The molecule has 0 heterocycles. The zero-order valence-electron chi connectivity index (χ0n) is 10.4. The highest BCUT2D eigenvalue weighted by Crippen LogP contribution is 2.08. The number of amides is 1. The fourth-order valence-electron chi connectivity index (χ4n) is 1.54. The van der Waals surface area contributed by atoms with Gasteiger partial charge in [0.15, 0.2) is 0 Å². The molecule has 1 rings (SSSR count). The number of benzene rings is 1. The van der Waals surface area contributed by atoms with Crippen molar-refractivity contribution < 1.29 is 15.0 Å². The van der Waals surface area contributed by atoms with E-state index in [1.165, 1.54) is 0 Å². The SMILES string of the molecule is CC(O)/C=C\C(O)CCc1ccc(C(N)=O)cc1. The van der Waals surface area contributed by atoms with Crippen LogP contribution in [0.5, 0.6) is 0 Å². The van der Waals surface area contributed by atoms with Gasteiger partial charge in [0.05, 0.1) is 12.2 Å². The third kappa shape index (κ3) is 5.12. The van der Waals surface area contributed by atoms with Crippen LogP contribution in [0.3, 0.4) is 0 Å². The summed E-state index contributed by atoms with van der Waals surface area (Å²) < 4.78 is 0. The zero-order valence-corrected chi connectivity index (χ0v) is 10.4. The summed E-state index contributed by atoms with van der Waals surface area (Å²) in [5.74, 6) is -0.443. The number of aliphatic hydroxyl groups is 2.